The number of nitrogens with one attached hydrogen (secondary N) is 1. The molecule has 148 valence electrons. The van der Waals surface area contributed by atoms with Gasteiger partial charge in [-0.3, -0.25) is 0 Å². The second-order valence-electron chi connectivity index (χ2n) is 7.47. The first-order valence-electron chi connectivity index (χ1n) is 9.77. The molecule has 3 aromatic rings. The predicted molar refractivity (Wildman–Crippen MR) is 116 cm³/mol. The summed E-state index contributed by atoms with van der Waals surface area (Å²) in [5.41, 5.74) is 4.91. The van der Waals surface area contributed by atoms with Gasteiger partial charge in [-0.2, -0.15) is 0 Å². The summed E-state index contributed by atoms with van der Waals surface area (Å²) >= 11 is 0. The number of carbonyl (C=O) groups is 1. The molecule has 2 aromatic carbocycles. The molecule has 6 nitrogen and oxygen atoms in total. The van der Waals surface area contributed by atoms with E-state index in [9.17, 15) is 4.79 Å². The fourth-order valence-corrected chi connectivity index (χ4v) is 3.56. The predicted octanol–water partition coefficient (Wildman–Crippen LogP) is 4.11. The number of hydrogen-bond donors (Lipinski definition) is 1. The lowest BCUT2D eigenvalue weighted by Crippen LogP contribution is -2.40. The van der Waals surface area contributed by atoms with Crippen LogP contribution in [0, 0.1) is 6.92 Å². The van der Waals surface area contributed by atoms with E-state index in [1.807, 2.05) is 85.4 Å². The van der Waals surface area contributed by atoms with Crippen molar-refractivity contribution >= 4 is 17.5 Å². The summed E-state index contributed by atoms with van der Waals surface area (Å²) in [7, 11) is 3.95. The number of fused-ring (bicyclic) bond motifs is 1. The zero-order chi connectivity index (χ0) is 20.4. The Morgan fingerprint density at radius 2 is 1.76 bits per heavy atom. The third kappa shape index (κ3) is 3.92. The number of anilines is 2. The van der Waals surface area contributed by atoms with Crippen LogP contribution in [-0.2, 0) is 13.0 Å². The molecule has 0 saturated heterocycles. The molecule has 0 saturated carbocycles. The summed E-state index contributed by atoms with van der Waals surface area (Å²) in [6, 6.07) is 17.7. The van der Waals surface area contributed by atoms with Crippen LogP contribution < -0.4 is 10.2 Å². The maximum absolute atomic E-state index is 12.9. The Hall–Kier alpha value is -3.41. The van der Waals surface area contributed by atoms with E-state index in [1.54, 1.807) is 0 Å². The van der Waals surface area contributed by atoms with Crippen LogP contribution in [0.3, 0.4) is 0 Å². The number of urea groups is 1. The van der Waals surface area contributed by atoms with E-state index >= 15 is 0 Å². The Kier molecular flexibility index (Phi) is 5.16. The Morgan fingerprint density at radius 3 is 2.48 bits per heavy atom. The third-order valence-electron chi connectivity index (χ3n) is 5.17. The molecule has 1 aliphatic rings. The second kappa shape index (κ2) is 7.91. The van der Waals surface area contributed by atoms with Crippen molar-refractivity contribution in [3.05, 3.63) is 71.4 Å². The highest BCUT2D eigenvalue weighted by Gasteiger charge is 2.26. The number of aryl methyl sites for hydroxylation is 1. The first kappa shape index (κ1) is 18.9. The summed E-state index contributed by atoms with van der Waals surface area (Å²) in [4.78, 5) is 26.3. The Balaban J connectivity index is 1.62. The van der Waals surface area contributed by atoms with Gasteiger partial charge < -0.3 is 15.1 Å². The maximum atomic E-state index is 12.9. The van der Waals surface area contributed by atoms with E-state index < -0.39 is 0 Å². The summed E-state index contributed by atoms with van der Waals surface area (Å²) in [6.45, 7) is 3.11. The van der Waals surface area contributed by atoms with Crippen LogP contribution in [0.25, 0.3) is 11.4 Å². The molecule has 4 rings (SSSR count). The Labute approximate surface area is 171 Å². The fourth-order valence-electron chi connectivity index (χ4n) is 3.56. The van der Waals surface area contributed by atoms with Gasteiger partial charge in [-0.25, -0.2) is 14.8 Å². The van der Waals surface area contributed by atoms with Gasteiger partial charge in [-0.1, -0.05) is 48.5 Å². The minimum absolute atomic E-state index is 0.0956. The van der Waals surface area contributed by atoms with Gasteiger partial charge in [0.25, 0.3) is 0 Å². The van der Waals surface area contributed by atoms with Gasteiger partial charge in [0.05, 0.1) is 12.2 Å². The van der Waals surface area contributed by atoms with Gasteiger partial charge in [-0.15, -0.1) is 0 Å². The minimum Gasteiger partial charge on any atom is -0.362 e. The van der Waals surface area contributed by atoms with Crippen molar-refractivity contribution < 1.29 is 4.79 Å². The Bertz CT molecular complexity index is 1030. The quantitative estimate of drug-likeness (QED) is 0.735. The molecule has 29 heavy (non-hydrogen) atoms. The number of rotatable bonds is 3. The molecular formula is C23H25N5O. The van der Waals surface area contributed by atoms with Crippen LogP contribution in [0.1, 0.15) is 16.8 Å². The molecule has 2 amide bonds. The van der Waals surface area contributed by atoms with Crippen molar-refractivity contribution in [2.75, 3.05) is 30.9 Å². The van der Waals surface area contributed by atoms with Crippen molar-refractivity contribution in [2.24, 2.45) is 0 Å². The molecule has 2 heterocycles. The number of amides is 2. The van der Waals surface area contributed by atoms with Gasteiger partial charge in [0.2, 0.25) is 0 Å². The molecule has 1 aromatic heterocycles. The molecule has 0 atom stereocenters. The maximum Gasteiger partial charge on any atom is 0.322 e. The largest absolute Gasteiger partial charge is 0.362 e. The van der Waals surface area contributed by atoms with Crippen LogP contribution in [0.4, 0.5) is 16.3 Å². The second-order valence-corrected chi connectivity index (χ2v) is 7.47. The molecule has 6 heteroatoms. The summed E-state index contributed by atoms with van der Waals surface area (Å²) < 4.78 is 0. The lowest BCUT2D eigenvalue weighted by molar-refractivity contribution is 0.206. The van der Waals surface area contributed by atoms with Gasteiger partial charge in [0, 0.05) is 43.9 Å². The molecule has 1 aliphatic heterocycles. The van der Waals surface area contributed by atoms with Crippen LogP contribution in [-0.4, -0.2) is 41.5 Å². The van der Waals surface area contributed by atoms with Gasteiger partial charge in [0.15, 0.2) is 5.82 Å². The van der Waals surface area contributed by atoms with Crippen molar-refractivity contribution in [3.8, 4) is 11.4 Å². The van der Waals surface area contributed by atoms with Crippen LogP contribution in [0.2, 0.25) is 0 Å². The minimum atomic E-state index is -0.0956. The lowest BCUT2D eigenvalue weighted by Gasteiger charge is -2.31. The average molecular weight is 387 g/mol. The number of benzene rings is 2. The monoisotopic (exact) mass is 387 g/mol. The normalized spacial score (nSPS) is 13.0. The van der Waals surface area contributed by atoms with Gasteiger partial charge in [0.1, 0.15) is 5.82 Å². The molecular weight excluding hydrogens is 362 g/mol. The van der Waals surface area contributed by atoms with E-state index in [0.29, 0.717) is 19.5 Å². The standard InChI is InChI=1S/C23H25N5O/c1-16-9-7-8-12-19(16)25-23(29)28-14-13-20-18(15-28)22(27(2)3)26-21(24-20)17-10-5-4-6-11-17/h4-12H,13-15H2,1-3H3,(H,25,29). The number of nitrogens with zero attached hydrogens (tertiary/aromatic N) is 4. The highest BCUT2D eigenvalue weighted by Crippen LogP contribution is 2.29. The van der Waals surface area contributed by atoms with Crippen molar-refractivity contribution in [1.29, 1.82) is 0 Å². The smallest absolute Gasteiger partial charge is 0.322 e. The van der Waals surface area contributed by atoms with E-state index in [1.165, 1.54) is 0 Å². The molecule has 1 N–H and O–H groups in total. The van der Waals surface area contributed by atoms with Gasteiger partial charge in [-0.05, 0) is 18.6 Å². The van der Waals surface area contributed by atoms with E-state index in [4.69, 9.17) is 9.97 Å². The molecule has 0 spiro atoms. The third-order valence-corrected chi connectivity index (χ3v) is 5.17. The number of aromatic nitrogens is 2. The molecule has 0 radical (unpaired) electrons. The number of carbonyl (C=O) groups excluding carboxylic acids is 1. The number of para-hydroxylation sites is 1. The summed E-state index contributed by atoms with van der Waals surface area (Å²) in [5, 5.41) is 3.03. The zero-order valence-corrected chi connectivity index (χ0v) is 17.0. The van der Waals surface area contributed by atoms with Crippen LogP contribution in [0.15, 0.2) is 54.6 Å². The zero-order valence-electron chi connectivity index (χ0n) is 17.0. The number of hydrogen-bond acceptors (Lipinski definition) is 4. The fraction of sp³-hybridized carbons (Fsp3) is 0.261. The molecule has 0 aliphatic carbocycles. The first-order chi connectivity index (χ1) is 14.0. The molecule has 0 bridgehead atoms. The van der Waals surface area contributed by atoms with Crippen molar-refractivity contribution in [1.82, 2.24) is 14.9 Å². The van der Waals surface area contributed by atoms with E-state index in [-0.39, 0.29) is 6.03 Å². The van der Waals surface area contributed by atoms with Gasteiger partial charge >= 0.3 is 6.03 Å². The molecule has 0 unspecified atom stereocenters. The topological polar surface area (TPSA) is 61.4 Å². The van der Waals surface area contributed by atoms with E-state index in [2.05, 4.69) is 5.32 Å². The highest BCUT2D eigenvalue weighted by molar-refractivity contribution is 5.90. The lowest BCUT2D eigenvalue weighted by atomic mass is 10.1. The van der Waals surface area contributed by atoms with Crippen molar-refractivity contribution in [3.63, 3.8) is 0 Å². The highest BCUT2D eigenvalue weighted by atomic mass is 16.2. The molecule has 0 fully saturated rings. The Morgan fingerprint density at radius 1 is 1.03 bits per heavy atom. The first-order valence-corrected chi connectivity index (χ1v) is 9.77. The SMILES string of the molecule is Cc1ccccc1NC(=O)N1CCc2nc(-c3ccccc3)nc(N(C)C)c2C1. The summed E-state index contributed by atoms with van der Waals surface area (Å²) in [5.74, 6) is 1.59. The van der Waals surface area contributed by atoms with Crippen LogP contribution in [0.5, 0.6) is 0 Å². The van der Waals surface area contributed by atoms with Crippen molar-refractivity contribution in [2.45, 2.75) is 19.9 Å². The average Bonchev–Trinajstić information content (AvgIpc) is 2.74. The summed E-state index contributed by atoms with van der Waals surface area (Å²) in [6.07, 6.45) is 0.708. The van der Waals surface area contributed by atoms with E-state index in [0.717, 1.165) is 39.7 Å². The van der Waals surface area contributed by atoms with Crippen LogP contribution >= 0.6 is 0 Å².